The van der Waals surface area contributed by atoms with Crippen LogP contribution in [0, 0.1) is 0 Å². The maximum absolute atomic E-state index is 12.3. The van der Waals surface area contributed by atoms with Crippen molar-refractivity contribution in [3.63, 3.8) is 0 Å². The Morgan fingerprint density at radius 3 is 1.76 bits per heavy atom. The lowest BCUT2D eigenvalue weighted by molar-refractivity contribution is -0.145. The molecule has 232 valence electrons. The van der Waals surface area contributed by atoms with Crippen LogP contribution in [0.2, 0.25) is 0 Å². The molecule has 0 unspecified atom stereocenters. The lowest BCUT2D eigenvalue weighted by Crippen LogP contribution is -2.17. The Morgan fingerprint density at radius 1 is 0.667 bits per heavy atom. The standard InChI is InChI=1S/C32H44O10/c1-6-9-26-28(13-11-24(22(4)33)31(26)36)40-19-17-37-15-16-38-18-20-41-32-25(23(5)34)12-14-29(27(32)10-7-2)42-21-30(35)39-8-3/h11-14,36H,6-10,15-21H2,1-5H3. The van der Waals surface area contributed by atoms with E-state index in [4.69, 9.17) is 28.4 Å². The number of ether oxygens (including phenoxy) is 6. The first kappa shape index (κ1) is 34.6. The second-order valence-corrected chi connectivity index (χ2v) is 9.49. The molecule has 0 spiro atoms. The Morgan fingerprint density at radius 2 is 1.19 bits per heavy atom. The molecule has 0 atom stereocenters. The van der Waals surface area contributed by atoms with Gasteiger partial charge in [-0.05, 0) is 57.9 Å². The van der Waals surface area contributed by atoms with Gasteiger partial charge in [0, 0.05) is 11.1 Å². The van der Waals surface area contributed by atoms with Crippen LogP contribution >= 0.6 is 0 Å². The molecule has 2 aromatic rings. The van der Waals surface area contributed by atoms with E-state index < -0.39 is 5.97 Å². The largest absolute Gasteiger partial charge is 0.507 e. The van der Waals surface area contributed by atoms with Crippen LogP contribution < -0.4 is 14.2 Å². The fourth-order valence-electron chi connectivity index (χ4n) is 4.28. The number of Topliss-reactive ketones (excluding diaryl/α,β-unsaturated/α-hetero) is 2. The van der Waals surface area contributed by atoms with Crippen molar-refractivity contribution < 1.29 is 47.9 Å². The van der Waals surface area contributed by atoms with E-state index in [2.05, 4.69) is 0 Å². The molecule has 10 heteroatoms. The smallest absolute Gasteiger partial charge is 0.344 e. The average Bonchev–Trinajstić information content (AvgIpc) is 2.95. The summed E-state index contributed by atoms with van der Waals surface area (Å²) >= 11 is 0. The molecule has 0 fully saturated rings. The summed E-state index contributed by atoms with van der Waals surface area (Å²) in [6, 6.07) is 6.59. The first-order chi connectivity index (χ1) is 20.2. The second-order valence-electron chi connectivity index (χ2n) is 9.49. The summed E-state index contributed by atoms with van der Waals surface area (Å²) in [5.41, 5.74) is 2.08. The molecule has 0 saturated heterocycles. The van der Waals surface area contributed by atoms with Gasteiger partial charge in [-0.2, -0.15) is 0 Å². The Hall–Kier alpha value is -3.63. The monoisotopic (exact) mass is 588 g/mol. The van der Waals surface area contributed by atoms with E-state index in [1.54, 1.807) is 31.2 Å². The van der Waals surface area contributed by atoms with E-state index in [9.17, 15) is 19.5 Å². The van der Waals surface area contributed by atoms with E-state index in [0.717, 1.165) is 18.4 Å². The topological polar surface area (TPSA) is 127 Å². The first-order valence-corrected chi connectivity index (χ1v) is 14.5. The van der Waals surface area contributed by atoms with Crippen molar-refractivity contribution in [3.8, 4) is 23.0 Å². The third kappa shape index (κ3) is 10.6. The minimum absolute atomic E-state index is 0.0217. The zero-order valence-electron chi connectivity index (χ0n) is 25.4. The van der Waals surface area contributed by atoms with Gasteiger partial charge >= 0.3 is 5.97 Å². The first-order valence-electron chi connectivity index (χ1n) is 14.5. The van der Waals surface area contributed by atoms with Crippen LogP contribution in [-0.2, 0) is 31.8 Å². The van der Waals surface area contributed by atoms with Crippen molar-refractivity contribution >= 4 is 17.5 Å². The van der Waals surface area contributed by atoms with Crippen molar-refractivity contribution in [2.75, 3.05) is 52.9 Å². The van der Waals surface area contributed by atoms with E-state index in [1.165, 1.54) is 13.8 Å². The summed E-state index contributed by atoms with van der Waals surface area (Å²) < 4.78 is 33.6. The lowest BCUT2D eigenvalue weighted by atomic mass is 10.0. The highest BCUT2D eigenvalue weighted by Crippen LogP contribution is 2.35. The highest BCUT2D eigenvalue weighted by atomic mass is 16.6. The van der Waals surface area contributed by atoms with Crippen molar-refractivity contribution in [1.29, 1.82) is 0 Å². The van der Waals surface area contributed by atoms with E-state index in [0.29, 0.717) is 61.0 Å². The maximum atomic E-state index is 12.3. The molecule has 10 nitrogen and oxygen atoms in total. The van der Waals surface area contributed by atoms with Crippen LogP contribution in [0.25, 0.3) is 0 Å². The van der Waals surface area contributed by atoms with E-state index in [-0.39, 0.29) is 55.9 Å². The Bertz CT molecular complexity index is 1170. The van der Waals surface area contributed by atoms with Gasteiger partial charge in [-0.3, -0.25) is 9.59 Å². The zero-order valence-corrected chi connectivity index (χ0v) is 25.4. The molecular formula is C32H44O10. The molecule has 2 aromatic carbocycles. The zero-order chi connectivity index (χ0) is 30.9. The summed E-state index contributed by atoms with van der Waals surface area (Å²) in [5.74, 6) is 0.637. The normalized spacial score (nSPS) is 10.8. The molecular weight excluding hydrogens is 544 g/mol. The molecule has 0 aromatic heterocycles. The number of carbonyl (C=O) groups excluding carboxylic acids is 3. The second kappa shape index (κ2) is 18.7. The van der Waals surface area contributed by atoms with Crippen LogP contribution in [0.4, 0.5) is 0 Å². The highest BCUT2D eigenvalue weighted by molar-refractivity contribution is 5.98. The summed E-state index contributed by atoms with van der Waals surface area (Å²) in [5, 5.41) is 10.4. The predicted octanol–water partition coefficient (Wildman–Crippen LogP) is 5.14. The van der Waals surface area contributed by atoms with Gasteiger partial charge in [0.2, 0.25) is 0 Å². The molecule has 0 radical (unpaired) electrons. The van der Waals surface area contributed by atoms with Gasteiger partial charge in [-0.25, -0.2) is 4.79 Å². The summed E-state index contributed by atoms with van der Waals surface area (Å²) in [7, 11) is 0. The van der Waals surface area contributed by atoms with Crippen LogP contribution in [-0.4, -0.2) is 75.5 Å². The molecule has 2 rings (SSSR count). The van der Waals surface area contributed by atoms with Crippen molar-refractivity contribution in [3.05, 3.63) is 46.5 Å². The van der Waals surface area contributed by atoms with Crippen molar-refractivity contribution in [2.45, 2.75) is 60.3 Å². The van der Waals surface area contributed by atoms with Crippen LogP contribution in [0.15, 0.2) is 24.3 Å². The predicted molar refractivity (Wildman–Crippen MR) is 157 cm³/mol. The molecule has 0 aliphatic heterocycles. The maximum Gasteiger partial charge on any atom is 0.344 e. The number of hydrogen-bond donors (Lipinski definition) is 1. The average molecular weight is 589 g/mol. The number of ketones is 2. The molecule has 0 aliphatic rings. The fourth-order valence-corrected chi connectivity index (χ4v) is 4.28. The molecule has 0 amide bonds. The van der Waals surface area contributed by atoms with Crippen molar-refractivity contribution in [1.82, 2.24) is 0 Å². The number of carbonyl (C=O) groups is 3. The fraction of sp³-hybridized carbons (Fsp3) is 0.531. The number of hydrogen-bond acceptors (Lipinski definition) is 10. The van der Waals surface area contributed by atoms with Crippen LogP contribution in [0.5, 0.6) is 23.0 Å². The van der Waals surface area contributed by atoms with Crippen LogP contribution in [0.1, 0.15) is 79.3 Å². The Kier molecular flexibility index (Phi) is 15.4. The van der Waals surface area contributed by atoms with Gasteiger partial charge in [-0.1, -0.05) is 26.7 Å². The summed E-state index contributed by atoms with van der Waals surface area (Å²) in [6.07, 6.45) is 2.78. The van der Waals surface area contributed by atoms with E-state index in [1.807, 2.05) is 13.8 Å². The number of esters is 1. The molecule has 0 bridgehead atoms. The third-order valence-corrected chi connectivity index (χ3v) is 6.20. The summed E-state index contributed by atoms with van der Waals surface area (Å²) in [6.45, 7) is 10.4. The number of phenols is 1. The van der Waals surface area contributed by atoms with Gasteiger partial charge in [0.05, 0.1) is 44.2 Å². The number of rotatable bonds is 21. The highest BCUT2D eigenvalue weighted by Gasteiger charge is 2.19. The molecule has 42 heavy (non-hydrogen) atoms. The summed E-state index contributed by atoms with van der Waals surface area (Å²) in [4.78, 5) is 35.7. The number of benzene rings is 2. The Labute approximate surface area is 248 Å². The van der Waals surface area contributed by atoms with Crippen LogP contribution in [0.3, 0.4) is 0 Å². The van der Waals surface area contributed by atoms with Gasteiger partial charge in [0.1, 0.15) is 36.2 Å². The molecule has 1 N–H and O–H groups in total. The van der Waals surface area contributed by atoms with Gasteiger partial charge in [0.25, 0.3) is 0 Å². The van der Waals surface area contributed by atoms with Crippen molar-refractivity contribution in [2.24, 2.45) is 0 Å². The quantitative estimate of drug-likeness (QED) is 0.119. The van der Waals surface area contributed by atoms with Gasteiger partial charge in [0.15, 0.2) is 18.2 Å². The van der Waals surface area contributed by atoms with Gasteiger partial charge in [-0.15, -0.1) is 0 Å². The van der Waals surface area contributed by atoms with Gasteiger partial charge < -0.3 is 33.5 Å². The third-order valence-electron chi connectivity index (χ3n) is 6.20. The van der Waals surface area contributed by atoms with E-state index >= 15 is 0 Å². The molecule has 0 heterocycles. The molecule has 0 aliphatic carbocycles. The minimum Gasteiger partial charge on any atom is -0.507 e. The minimum atomic E-state index is -0.468. The Balaban J connectivity index is 1.81. The number of aromatic hydroxyl groups is 1. The SMILES string of the molecule is CCCc1c(OCCOCCOCCOc2c(C(C)=O)ccc(OCC(=O)OCC)c2CCC)ccc(C(C)=O)c1O. The molecule has 0 saturated carbocycles. The number of phenolic OH excluding ortho intramolecular Hbond substituents is 1. The lowest BCUT2D eigenvalue weighted by Gasteiger charge is -2.18.